The highest BCUT2D eigenvalue weighted by Crippen LogP contribution is 2.49. The summed E-state index contributed by atoms with van der Waals surface area (Å²) < 4.78 is 5.60. The maximum absolute atomic E-state index is 5.60. The normalized spacial score (nSPS) is 33.1. The van der Waals surface area contributed by atoms with Crippen LogP contribution in [0.5, 0.6) is 0 Å². The summed E-state index contributed by atoms with van der Waals surface area (Å²) in [5.41, 5.74) is 1.23. The van der Waals surface area contributed by atoms with Gasteiger partial charge in [-0.3, -0.25) is 0 Å². The van der Waals surface area contributed by atoms with Gasteiger partial charge in [0.15, 0.2) is 0 Å². The van der Waals surface area contributed by atoms with Gasteiger partial charge in [-0.2, -0.15) is 0 Å². The van der Waals surface area contributed by atoms with E-state index in [4.69, 9.17) is 4.74 Å². The zero-order valence-electron chi connectivity index (χ0n) is 8.34. The van der Waals surface area contributed by atoms with Crippen molar-refractivity contribution in [3.63, 3.8) is 0 Å². The molecular formula is C11H17NO. The topological polar surface area (TPSA) is 21.3 Å². The molecule has 0 bridgehead atoms. The summed E-state index contributed by atoms with van der Waals surface area (Å²) >= 11 is 0. The molecule has 13 heavy (non-hydrogen) atoms. The van der Waals surface area contributed by atoms with Gasteiger partial charge in [0.1, 0.15) is 12.4 Å². The highest BCUT2D eigenvalue weighted by Gasteiger charge is 2.43. The zero-order chi connectivity index (χ0) is 9.26. The summed E-state index contributed by atoms with van der Waals surface area (Å²) in [6.45, 7) is 5.80. The molecule has 0 radical (unpaired) electrons. The summed E-state index contributed by atoms with van der Waals surface area (Å²) in [7, 11) is 0. The van der Waals surface area contributed by atoms with Gasteiger partial charge in [0.2, 0.25) is 0 Å². The van der Waals surface area contributed by atoms with Gasteiger partial charge >= 0.3 is 0 Å². The Bertz CT molecular complexity index is 255. The van der Waals surface area contributed by atoms with Crippen molar-refractivity contribution in [1.82, 2.24) is 5.32 Å². The minimum atomic E-state index is 0.725. The molecule has 3 rings (SSSR count). The summed E-state index contributed by atoms with van der Waals surface area (Å²) in [6.07, 6.45) is 5.77. The third-order valence-electron chi connectivity index (χ3n) is 2.63. The molecule has 1 saturated carbocycles. The minimum absolute atomic E-state index is 0.725. The van der Waals surface area contributed by atoms with Gasteiger partial charge < -0.3 is 10.1 Å². The molecule has 2 atom stereocenters. The van der Waals surface area contributed by atoms with Crippen molar-refractivity contribution in [3.05, 3.63) is 23.6 Å². The standard InChI is InChI=1S/C9H11NO.C2H6/c1-2-8-9(7-5-6(1)7)11-4-3-10-8;1-2/h1-2,6-7,10H,3-5H2;1-2H3. The van der Waals surface area contributed by atoms with Crippen LogP contribution in [0.15, 0.2) is 23.6 Å². The molecule has 2 nitrogen and oxygen atoms in total. The number of fused-ring (bicyclic) bond motifs is 2. The average molecular weight is 179 g/mol. The molecule has 1 heterocycles. The highest BCUT2D eigenvalue weighted by molar-refractivity contribution is 5.34. The number of nitrogens with one attached hydrogen (secondary N) is 1. The van der Waals surface area contributed by atoms with E-state index in [1.54, 1.807) is 0 Å². The molecule has 2 unspecified atom stereocenters. The van der Waals surface area contributed by atoms with Gasteiger partial charge in [-0.25, -0.2) is 0 Å². The van der Waals surface area contributed by atoms with Crippen LogP contribution in [-0.4, -0.2) is 13.2 Å². The maximum atomic E-state index is 5.60. The smallest absolute Gasteiger partial charge is 0.123 e. The molecule has 1 N–H and O–H groups in total. The van der Waals surface area contributed by atoms with E-state index in [9.17, 15) is 0 Å². The third-order valence-corrected chi connectivity index (χ3v) is 2.63. The molecule has 1 aliphatic heterocycles. The SMILES string of the molecule is C1=CC2CC2C2=C1NCCO2.CC. The summed E-state index contributed by atoms with van der Waals surface area (Å²) in [6, 6.07) is 0. The Hall–Kier alpha value is -0.920. The molecule has 2 aliphatic carbocycles. The number of rotatable bonds is 0. The molecule has 0 amide bonds. The first-order valence-electron chi connectivity index (χ1n) is 5.24. The first-order valence-corrected chi connectivity index (χ1v) is 5.24. The fourth-order valence-corrected chi connectivity index (χ4v) is 1.91. The second-order valence-corrected chi connectivity index (χ2v) is 3.42. The lowest BCUT2D eigenvalue weighted by atomic mass is 10.1. The molecule has 2 heteroatoms. The summed E-state index contributed by atoms with van der Waals surface area (Å²) in [5, 5.41) is 3.35. The maximum Gasteiger partial charge on any atom is 0.123 e. The van der Waals surface area contributed by atoms with E-state index < -0.39 is 0 Å². The van der Waals surface area contributed by atoms with Crippen LogP contribution in [0.1, 0.15) is 20.3 Å². The lowest BCUT2D eigenvalue weighted by molar-refractivity contribution is 0.175. The minimum Gasteiger partial charge on any atom is -0.494 e. The lowest BCUT2D eigenvalue weighted by Crippen LogP contribution is -2.27. The van der Waals surface area contributed by atoms with E-state index in [2.05, 4.69) is 17.5 Å². The van der Waals surface area contributed by atoms with E-state index in [0.717, 1.165) is 25.0 Å². The van der Waals surface area contributed by atoms with Crippen LogP contribution < -0.4 is 5.32 Å². The quantitative estimate of drug-likeness (QED) is 0.614. The molecule has 0 spiro atoms. The van der Waals surface area contributed by atoms with Crippen LogP contribution in [0.3, 0.4) is 0 Å². The van der Waals surface area contributed by atoms with Crippen LogP contribution in [-0.2, 0) is 4.74 Å². The largest absolute Gasteiger partial charge is 0.494 e. The summed E-state index contributed by atoms with van der Waals surface area (Å²) in [5.74, 6) is 2.75. The first-order chi connectivity index (χ1) is 6.45. The molecule has 1 fully saturated rings. The Kier molecular flexibility index (Phi) is 2.30. The van der Waals surface area contributed by atoms with Crippen molar-refractivity contribution in [3.8, 4) is 0 Å². The predicted molar refractivity (Wildman–Crippen MR) is 53.1 cm³/mol. The van der Waals surface area contributed by atoms with Crippen molar-refractivity contribution in [2.24, 2.45) is 11.8 Å². The first kappa shape index (κ1) is 8.67. The van der Waals surface area contributed by atoms with Gasteiger partial charge in [-0.1, -0.05) is 19.9 Å². The van der Waals surface area contributed by atoms with Crippen molar-refractivity contribution in [2.75, 3.05) is 13.2 Å². The molecule has 0 aromatic carbocycles. The average Bonchev–Trinajstić information content (AvgIpc) is 3.00. The van der Waals surface area contributed by atoms with Crippen molar-refractivity contribution >= 4 is 0 Å². The van der Waals surface area contributed by atoms with E-state index in [1.807, 2.05) is 13.8 Å². The van der Waals surface area contributed by atoms with E-state index in [-0.39, 0.29) is 0 Å². The lowest BCUT2D eigenvalue weighted by Gasteiger charge is -2.23. The number of ether oxygens (including phenoxy) is 1. The van der Waals surface area contributed by atoms with Gasteiger partial charge in [0.25, 0.3) is 0 Å². The van der Waals surface area contributed by atoms with Crippen LogP contribution in [0.4, 0.5) is 0 Å². The number of allylic oxidation sites excluding steroid dienone is 3. The van der Waals surface area contributed by atoms with Gasteiger partial charge in [0, 0.05) is 12.5 Å². The Morgan fingerprint density at radius 2 is 2.31 bits per heavy atom. The van der Waals surface area contributed by atoms with E-state index >= 15 is 0 Å². The van der Waals surface area contributed by atoms with Crippen LogP contribution >= 0.6 is 0 Å². The molecule has 0 aromatic heterocycles. The fraction of sp³-hybridized carbons (Fsp3) is 0.636. The van der Waals surface area contributed by atoms with Crippen molar-refractivity contribution in [1.29, 1.82) is 0 Å². The second-order valence-electron chi connectivity index (χ2n) is 3.42. The van der Waals surface area contributed by atoms with E-state index in [1.165, 1.54) is 17.9 Å². The van der Waals surface area contributed by atoms with E-state index in [0.29, 0.717) is 0 Å². The van der Waals surface area contributed by atoms with Crippen LogP contribution in [0.2, 0.25) is 0 Å². The molecule has 0 aromatic rings. The highest BCUT2D eigenvalue weighted by atomic mass is 16.5. The zero-order valence-corrected chi connectivity index (χ0v) is 8.34. The van der Waals surface area contributed by atoms with Gasteiger partial charge in [-0.15, -0.1) is 0 Å². The van der Waals surface area contributed by atoms with Crippen molar-refractivity contribution < 1.29 is 4.74 Å². The Morgan fingerprint density at radius 1 is 1.46 bits per heavy atom. The van der Waals surface area contributed by atoms with Gasteiger partial charge in [0.05, 0.1) is 5.70 Å². The summed E-state index contributed by atoms with van der Waals surface area (Å²) in [4.78, 5) is 0. The monoisotopic (exact) mass is 179 g/mol. The second kappa shape index (κ2) is 3.44. The number of hydrogen-bond acceptors (Lipinski definition) is 2. The Morgan fingerprint density at radius 3 is 3.15 bits per heavy atom. The fourth-order valence-electron chi connectivity index (χ4n) is 1.91. The van der Waals surface area contributed by atoms with Crippen LogP contribution in [0, 0.1) is 11.8 Å². The molecular weight excluding hydrogens is 162 g/mol. The Labute approximate surface area is 79.7 Å². The number of hydrogen-bond donors (Lipinski definition) is 1. The van der Waals surface area contributed by atoms with Crippen molar-refractivity contribution in [2.45, 2.75) is 20.3 Å². The molecule has 3 aliphatic rings. The molecule has 0 saturated heterocycles. The third kappa shape index (κ3) is 1.45. The van der Waals surface area contributed by atoms with Gasteiger partial charge in [-0.05, 0) is 18.4 Å². The Balaban J connectivity index is 0.000000308. The van der Waals surface area contributed by atoms with Crippen LogP contribution in [0.25, 0.3) is 0 Å². The predicted octanol–water partition coefficient (Wildman–Crippen LogP) is 2.05. The molecule has 72 valence electrons.